The molecule has 2 N–H and O–H groups in total. The molecule has 0 aromatic carbocycles. The van der Waals surface area contributed by atoms with Crippen LogP contribution in [0.25, 0.3) is 0 Å². The van der Waals surface area contributed by atoms with Crippen LogP contribution in [0, 0.1) is 5.41 Å². The molecule has 1 aromatic rings. The molecule has 1 fully saturated rings. The van der Waals surface area contributed by atoms with Gasteiger partial charge in [0.15, 0.2) is 0 Å². The van der Waals surface area contributed by atoms with E-state index in [1.165, 1.54) is 41.7 Å². The van der Waals surface area contributed by atoms with Crippen molar-refractivity contribution >= 4 is 27.3 Å². The molecule has 18 heavy (non-hydrogen) atoms. The number of nitrogens with two attached hydrogens (primary N) is 1. The summed E-state index contributed by atoms with van der Waals surface area (Å²) < 4.78 is 1.22. The van der Waals surface area contributed by atoms with Gasteiger partial charge in [0.2, 0.25) is 0 Å². The number of halogens is 1. The third-order valence-electron chi connectivity index (χ3n) is 4.58. The van der Waals surface area contributed by atoms with E-state index in [9.17, 15) is 0 Å². The highest BCUT2D eigenvalue weighted by Crippen LogP contribution is 2.42. The molecule has 4 heteroatoms. The van der Waals surface area contributed by atoms with Crippen molar-refractivity contribution in [3.63, 3.8) is 0 Å². The van der Waals surface area contributed by atoms with Crippen LogP contribution in [0.5, 0.6) is 0 Å². The maximum Gasteiger partial charge on any atom is 0.0575 e. The highest BCUT2D eigenvalue weighted by atomic mass is 79.9. The van der Waals surface area contributed by atoms with Crippen molar-refractivity contribution in [3.8, 4) is 0 Å². The molecule has 0 amide bonds. The van der Waals surface area contributed by atoms with E-state index in [4.69, 9.17) is 5.73 Å². The van der Waals surface area contributed by atoms with Gasteiger partial charge in [-0.2, -0.15) is 0 Å². The highest BCUT2D eigenvalue weighted by molar-refractivity contribution is 9.10. The van der Waals surface area contributed by atoms with Crippen LogP contribution in [0.3, 0.4) is 0 Å². The van der Waals surface area contributed by atoms with E-state index >= 15 is 0 Å². The van der Waals surface area contributed by atoms with Gasteiger partial charge in [0, 0.05) is 22.4 Å². The Morgan fingerprint density at radius 2 is 2.22 bits per heavy atom. The second-order valence-corrected chi connectivity index (χ2v) is 7.11. The Hall–Kier alpha value is 0.100. The van der Waals surface area contributed by atoms with Crippen LogP contribution < -0.4 is 5.73 Å². The Balaban J connectivity index is 2.14. The summed E-state index contributed by atoms with van der Waals surface area (Å²) in [6.07, 6.45) is 3.88. The maximum absolute atomic E-state index is 6.03. The zero-order valence-electron chi connectivity index (χ0n) is 11.3. The first-order valence-electron chi connectivity index (χ1n) is 6.83. The van der Waals surface area contributed by atoms with Crippen molar-refractivity contribution in [2.75, 3.05) is 19.6 Å². The van der Waals surface area contributed by atoms with Gasteiger partial charge < -0.3 is 5.73 Å². The molecule has 0 aliphatic carbocycles. The number of hydrogen-bond acceptors (Lipinski definition) is 3. The molecule has 1 unspecified atom stereocenters. The molecule has 1 atom stereocenters. The van der Waals surface area contributed by atoms with Crippen molar-refractivity contribution in [2.24, 2.45) is 11.1 Å². The maximum atomic E-state index is 6.03. The number of rotatable bonds is 5. The second-order valence-electron chi connectivity index (χ2n) is 5.31. The lowest BCUT2D eigenvalue weighted by atomic mass is 9.82. The van der Waals surface area contributed by atoms with Crippen molar-refractivity contribution in [1.29, 1.82) is 0 Å². The molecule has 2 heterocycles. The minimum Gasteiger partial charge on any atom is -0.329 e. The van der Waals surface area contributed by atoms with E-state index in [2.05, 4.69) is 46.1 Å². The van der Waals surface area contributed by atoms with E-state index in [1.807, 2.05) is 11.3 Å². The lowest BCUT2D eigenvalue weighted by molar-refractivity contribution is 0.199. The molecule has 2 nitrogen and oxygen atoms in total. The third-order valence-corrected chi connectivity index (χ3v) is 6.55. The Morgan fingerprint density at radius 1 is 1.50 bits per heavy atom. The molecule has 0 bridgehead atoms. The third kappa shape index (κ3) is 2.67. The molecule has 0 radical (unpaired) electrons. The van der Waals surface area contributed by atoms with Crippen molar-refractivity contribution < 1.29 is 0 Å². The number of hydrogen-bond donors (Lipinski definition) is 1. The average Bonchev–Trinajstić information content (AvgIpc) is 2.99. The van der Waals surface area contributed by atoms with Crippen molar-refractivity contribution in [3.05, 3.63) is 20.8 Å². The lowest BCUT2D eigenvalue weighted by Gasteiger charge is -2.30. The summed E-state index contributed by atoms with van der Waals surface area (Å²) in [7, 11) is 0. The van der Waals surface area contributed by atoms with Gasteiger partial charge in [-0.05, 0) is 58.6 Å². The summed E-state index contributed by atoms with van der Waals surface area (Å²) in [5.74, 6) is 0. The first-order chi connectivity index (χ1) is 8.65. The molecule has 1 aliphatic heterocycles. The zero-order chi connectivity index (χ0) is 13.2. The molecule has 102 valence electrons. The summed E-state index contributed by atoms with van der Waals surface area (Å²) in [6, 6.07) is 2.52. The average molecular weight is 331 g/mol. The molecular weight excluding hydrogens is 308 g/mol. The highest BCUT2D eigenvalue weighted by Gasteiger charge is 2.38. The van der Waals surface area contributed by atoms with E-state index < -0.39 is 0 Å². The summed E-state index contributed by atoms with van der Waals surface area (Å²) >= 11 is 5.46. The van der Waals surface area contributed by atoms with Gasteiger partial charge in [-0.3, -0.25) is 4.90 Å². The fraction of sp³-hybridized carbons (Fsp3) is 0.714. The van der Waals surface area contributed by atoms with Crippen LogP contribution in [0.15, 0.2) is 15.9 Å². The van der Waals surface area contributed by atoms with Crippen LogP contribution in [0.4, 0.5) is 0 Å². The van der Waals surface area contributed by atoms with Crippen molar-refractivity contribution in [1.82, 2.24) is 4.90 Å². The SMILES string of the molecule is CCC1(CC)CCN(C(CN)c2sccc2Br)C1. The van der Waals surface area contributed by atoms with Crippen molar-refractivity contribution in [2.45, 2.75) is 39.2 Å². The first kappa shape index (κ1) is 14.5. The van der Waals surface area contributed by atoms with Gasteiger partial charge in [0.05, 0.1) is 6.04 Å². The Kier molecular flexibility index (Phi) is 4.86. The van der Waals surface area contributed by atoms with Crippen LogP contribution in [0.1, 0.15) is 44.0 Å². The van der Waals surface area contributed by atoms with Gasteiger partial charge in [-0.15, -0.1) is 11.3 Å². The quantitative estimate of drug-likeness (QED) is 0.883. The lowest BCUT2D eigenvalue weighted by Crippen LogP contribution is -2.33. The summed E-state index contributed by atoms with van der Waals surface area (Å²) in [5.41, 5.74) is 6.55. The van der Waals surface area contributed by atoms with Gasteiger partial charge >= 0.3 is 0 Å². The van der Waals surface area contributed by atoms with E-state index in [1.54, 1.807) is 0 Å². The van der Waals surface area contributed by atoms with Gasteiger partial charge in [-0.1, -0.05) is 13.8 Å². The van der Waals surface area contributed by atoms with E-state index in [-0.39, 0.29) is 0 Å². The minimum absolute atomic E-state index is 0.388. The molecule has 1 saturated heterocycles. The van der Waals surface area contributed by atoms with Crippen LogP contribution >= 0.6 is 27.3 Å². The predicted octanol–water partition coefficient (Wildman–Crippen LogP) is 4.02. The normalized spacial score (nSPS) is 21.3. The van der Waals surface area contributed by atoms with E-state index in [0.29, 0.717) is 18.0 Å². The summed E-state index contributed by atoms with van der Waals surface area (Å²) in [5, 5.41) is 2.14. The number of nitrogens with zero attached hydrogens (tertiary/aromatic N) is 1. The fourth-order valence-corrected chi connectivity index (χ4v) is 4.81. The monoisotopic (exact) mass is 330 g/mol. The standard InChI is InChI=1S/C14H23BrN2S/c1-3-14(4-2)6-7-17(10-14)12(9-16)13-11(15)5-8-18-13/h5,8,12H,3-4,6-7,9-10,16H2,1-2H3. The number of likely N-dealkylation sites (tertiary alicyclic amines) is 1. The number of thiophene rings is 1. The molecule has 2 rings (SSSR count). The minimum atomic E-state index is 0.388. The predicted molar refractivity (Wildman–Crippen MR) is 83.0 cm³/mol. The Labute approximate surface area is 123 Å². The zero-order valence-corrected chi connectivity index (χ0v) is 13.7. The fourth-order valence-electron chi connectivity index (χ4n) is 3.03. The van der Waals surface area contributed by atoms with Crippen LogP contribution in [-0.4, -0.2) is 24.5 Å². The smallest absolute Gasteiger partial charge is 0.0575 e. The topological polar surface area (TPSA) is 29.3 Å². The van der Waals surface area contributed by atoms with Gasteiger partial charge in [0.1, 0.15) is 0 Å². The summed E-state index contributed by atoms with van der Waals surface area (Å²) in [6.45, 7) is 7.75. The molecular formula is C14H23BrN2S. The molecule has 1 aromatic heterocycles. The summed E-state index contributed by atoms with van der Waals surface area (Å²) in [4.78, 5) is 3.98. The molecule has 0 spiro atoms. The Bertz CT molecular complexity index is 387. The van der Waals surface area contributed by atoms with Crippen LogP contribution in [-0.2, 0) is 0 Å². The first-order valence-corrected chi connectivity index (χ1v) is 8.50. The van der Waals surface area contributed by atoms with Crippen LogP contribution in [0.2, 0.25) is 0 Å². The second kappa shape index (κ2) is 6.04. The molecule has 0 saturated carbocycles. The van der Waals surface area contributed by atoms with Gasteiger partial charge in [0.25, 0.3) is 0 Å². The Morgan fingerprint density at radius 3 is 2.67 bits per heavy atom. The van der Waals surface area contributed by atoms with E-state index in [0.717, 1.165) is 0 Å². The largest absolute Gasteiger partial charge is 0.329 e. The molecule has 1 aliphatic rings. The van der Waals surface area contributed by atoms with Gasteiger partial charge in [-0.25, -0.2) is 0 Å².